The quantitative estimate of drug-likeness (QED) is 0.748. The van der Waals surface area contributed by atoms with Gasteiger partial charge in [0.1, 0.15) is 5.75 Å². The Morgan fingerprint density at radius 1 is 0.944 bits per heavy atom. The summed E-state index contributed by atoms with van der Waals surface area (Å²) in [6, 6.07) is 14.8. The highest BCUT2D eigenvalue weighted by molar-refractivity contribution is 5.71. The first kappa shape index (κ1) is 12.7. The Morgan fingerprint density at radius 2 is 1.56 bits per heavy atom. The van der Waals surface area contributed by atoms with Crippen molar-refractivity contribution in [3.8, 4) is 16.9 Å². The summed E-state index contributed by atoms with van der Waals surface area (Å²) in [6.45, 7) is 7.20. The van der Waals surface area contributed by atoms with Gasteiger partial charge < -0.3 is 4.74 Å². The molecule has 0 aliphatic heterocycles. The Kier molecular flexibility index (Phi) is 4.03. The van der Waals surface area contributed by atoms with E-state index < -0.39 is 0 Å². The second-order valence-electron chi connectivity index (χ2n) is 4.65. The van der Waals surface area contributed by atoms with Crippen LogP contribution in [-0.4, -0.2) is 6.61 Å². The smallest absolute Gasteiger partial charge is 0.119 e. The Balaban J connectivity index is 2.38. The zero-order valence-corrected chi connectivity index (χ0v) is 11.4. The molecule has 0 aromatic heterocycles. The van der Waals surface area contributed by atoms with Gasteiger partial charge in [-0.15, -0.1) is 0 Å². The van der Waals surface area contributed by atoms with Crippen LogP contribution in [0.15, 0.2) is 42.5 Å². The first-order chi connectivity index (χ1) is 8.72. The molecule has 0 aliphatic rings. The molecule has 0 fully saturated rings. The maximum atomic E-state index is 5.71. The van der Waals surface area contributed by atoms with E-state index in [1.54, 1.807) is 0 Å². The topological polar surface area (TPSA) is 9.23 Å². The van der Waals surface area contributed by atoms with E-state index in [9.17, 15) is 0 Å². The fraction of sp³-hybridized carbons (Fsp3) is 0.294. The van der Waals surface area contributed by atoms with Crippen molar-refractivity contribution in [1.82, 2.24) is 0 Å². The Morgan fingerprint density at radius 3 is 2.11 bits per heavy atom. The van der Waals surface area contributed by atoms with Crippen molar-refractivity contribution in [3.05, 3.63) is 53.6 Å². The lowest BCUT2D eigenvalue weighted by atomic mass is 9.95. The van der Waals surface area contributed by atoms with Crippen molar-refractivity contribution in [2.75, 3.05) is 6.61 Å². The van der Waals surface area contributed by atoms with E-state index in [2.05, 4.69) is 57.2 Å². The van der Waals surface area contributed by atoms with Gasteiger partial charge >= 0.3 is 0 Å². The molecular formula is C17H20O. The first-order valence-electron chi connectivity index (χ1n) is 6.52. The predicted molar refractivity (Wildman–Crippen MR) is 77.1 cm³/mol. The lowest BCUT2D eigenvalue weighted by molar-refractivity contribution is 0.317. The molecule has 0 N–H and O–H groups in total. The van der Waals surface area contributed by atoms with Crippen molar-refractivity contribution in [1.29, 1.82) is 0 Å². The molecule has 0 amide bonds. The van der Waals surface area contributed by atoms with Crippen LogP contribution in [0, 0.1) is 13.8 Å². The fourth-order valence-corrected chi connectivity index (χ4v) is 2.29. The van der Waals surface area contributed by atoms with Crippen LogP contribution in [0.25, 0.3) is 11.1 Å². The third-order valence-electron chi connectivity index (χ3n) is 3.04. The van der Waals surface area contributed by atoms with Gasteiger partial charge in [0.25, 0.3) is 0 Å². The van der Waals surface area contributed by atoms with Crippen LogP contribution in [0.2, 0.25) is 0 Å². The maximum Gasteiger partial charge on any atom is 0.119 e. The van der Waals surface area contributed by atoms with E-state index in [-0.39, 0.29) is 0 Å². The Labute approximate surface area is 109 Å². The van der Waals surface area contributed by atoms with Crippen LogP contribution in [0.1, 0.15) is 24.5 Å². The number of aryl methyl sites for hydroxylation is 2. The van der Waals surface area contributed by atoms with Crippen LogP contribution in [-0.2, 0) is 0 Å². The van der Waals surface area contributed by atoms with Crippen molar-refractivity contribution < 1.29 is 4.74 Å². The van der Waals surface area contributed by atoms with Crippen molar-refractivity contribution in [2.24, 2.45) is 0 Å². The molecule has 94 valence electrons. The SMILES string of the molecule is CCCOc1cc(C)c(-c2ccccc2)c(C)c1. The molecule has 0 bridgehead atoms. The minimum absolute atomic E-state index is 0.781. The molecule has 0 saturated carbocycles. The van der Waals surface area contributed by atoms with E-state index >= 15 is 0 Å². The van der Waals surface area contributed by atoms with Crippen molar-refractivity contribution in [3.63, 3.8) is 0 Å². The van der Waals surface area contributed by atoms with Gasteiger partial charge in [0, 0.05) is 0 Å². The van der Waals surface area contributed by atoms with Gasteiger partial charge in [-0.25, -0.2) is 0 Å². The van der Waals surface area contributed by atoms with E-state index in [0.29, 0.717) is 0 Å². The third-order valence-corrected chi connectivity index (χ3v) is 3.04. The van der Waals surface area contributed by atoms with Gasteiger partial charge in [-0.1, -0.05) is 37.3 Å². The number of hydrogen-bond acceptors (Lipinski definition) is 1. The van der Waals surface area contributed by atoms with E-state index in [4.69, 9.17) is 4.74 Å². The van der Waals surface area contributed by atoms with Gasteiger partial charge in [-0.3, -0.25) is 0 Å². The van der Waals surface area contributed by atoms with Crippen molar-refractivity contribution in [2.45, 2.75) is 27.2 Å². The summed E-state index contributed by atoms with van der Waals surface area (Å²) in [5.41, 5.74) is 5.13. The number of ether oxygens (including phenoxy) is 1. The number of benzene rings is 2. The Hall–Kier alpha value is -1.76. The summed E-state index contributed by atoms with van der Waals surface area (Å²) in [5, 5.41) is 0. The first-order valence-corrected chi connectivity index (χ1v) is 6.52. The molecule has 2 rings (SSSR count). The van der Waals surface area contributed by atoms with Crippen LogP contribution >= 0.6 is 0 Å². The summed E-state index contributed by atoms with van der Waals surface area (Å²) in [5.74, 6) is 0.978. The van der Waals surface area contributed by atoms with E-state index in [0.717, 1.165) is 18.8 Å². The molecule has 1 nitrogen and oxygen atoms in total. The molecule has 2 aromatic rings. The lowest BCUT2D eigenvalue weighted by Crippen LogP contribution is -1.97. The fourth-order valence-electron chi connectivity index (χ4n) is 2.29. The second-order valence-corrected chi connectivity index (χ2v) is 4.65. The molecule has 0 heterocycles. The van der Waals surface area contributed by atoms with Gasteiger partial charge in [-0.05, 0) is 54.7 Å². The minimum Gasteiger partial charge on any atom is -0.494 e. The molecule has 0 atom stereocenters. The summed E-state index contributed by atoms with van der Waals surface area (Å²) in [4.78, 5) is 0. The summed E-state index contributed by atoms with van der Waals surface area (Å²) < 4.78 is 5.71. The van der Waals surface area contributed by atoms with Gasteiger partial charge in [0.15, 0.2) is 0 Å². The van der Waals surface area contributed by atoms with Crippen LogP contribution < -0.4 is 4.74 Å². The molecule has 0 aliphatic carbocycles. The molecule has 0 unspecified atom stereocenters. The monoisotopic (exact) mass is 240 g/mol. The molecule has 2 aromatic carbocycles. The van der Waals surface area contributed by atoms with E-state index in [1.165, 1.54) is 22.3 Å². The molecule has 0 radical (unpaired) electrons. The van der Waals surface area contributed by atoms with Crippen LogP contribution in [0.4, 0.5) is 0 Å². The normalized spacial score (nSPS) is 10.4. The highest BCUT2D eigenvalue weighted by Crippen LogP contribution is 2.30. The zero-order valence-electron chi connectivity index (χ0n) is 11.4. The van der Waals surface area contributed by atoms with E-state index in [1.807, 2.05) is 6.07 Å². The number of rotatable bonds is 4. The molecule has 1 heteroatoms. The Bertz CT molecular complexity index is 491. The lowest BCUT2D eigenvalue weighted by Gasteiger charge is -2.13. The summed E-state index contributed by atoms with van der Waals surface area (Å²) in [7, 11) is 0. The average molecular weight is 240 g/mol. The molecule has 0 spiro atoms. The maximum absolute atomic E-state index is 5.71. The van der Waals surface area contributed by atoms with Gasteiger partial charge in [0.2, 0.25) is 0 Å². The highest BCUT2D eigenvalue weighted by atomic mass is 16.5. The van der Waals surface area contributed by atoms with Gasteiger partial charge in [0.05, 0.1) is 6.61 Å². The standard InChI is InChI=1S/C17H20O/c1-4-10-18-16-11-13(2)17(14(3)12-16)15-8-6-5-7-9-15/h5-9,11-12H,4,10H2,1-3H3. The highest BCUT2D eigenvalue weighted by Gasteiger charge is 2.07. The van der Waals surface area contributed by atoms with Crippen molar-refractivity contribution >= 4 is 0 Å². The zero-order chi connectivity index (χ0) is 13.0. The van der Waals surface area contributed by atoms with Crippen LogP contribution in [0.3, 0.4) is 0 Å². The molecule has 18 heavy (non-hydrogen) atoms. The predicted octanol–water partition coefficient (Wildman–Crippen LogP) is 4.76. The molecular weight excluding hydrogens is 220 g/mol. The minimum atomic E-state index is 0.781. The summed E-state index contributed by atoms with van der Waals surface area (Å²) in [6.07, 6.45) is 1.04. The van der Waals surface area contributed by atoms with Gasteiger partial charge in [-0.2, -0.15) is 0 Å². The largest absolute Gasteiger partial charge is 0.494 e. The average Bonchev–Trinajstić information content (AvgIpc) is 2.37. The van der Waals surface area contributed by atoms with Crippen LogP contribution in [0.5, 0.6) is 5.75 Å². The summed E-state index contributed by atoms with van der Waals surface area (Å²) >= 11 is 0. The number of hydrogen-bond donors (Lipinski definition) is 0. The third kappa shape index (κ3) is 2.73. The second kappa shape index (κ2) is 5.72. The molecule has 0 saturated heterocycles.